The summed E-state index contributed by atoms with van der Waals surface area (Å²) in [6, 6.07) is 9.04. The van der Waals surface area contributed by atoms with Gasteiger partial charge in [-0.05, 0) is 24.2 Å². The number of hydrogen-bond donors (Lipinski definition) is 0. The number of carbonyl (C=O) groups is 1. The van der Waals surface area contributed by atoms with E-state index >= 15 is 0 Å². The fourth-order valence-corrected chi connectivity index (χ4v) is 5.27. The van der Waals surface area contributed by atoms with E-state index in [2.05, 4.69) is 27.4 Å². The van der Waals surface area contributed by atoms with Gasteiger partial charge < -0.3 is 9.16 Å². The van der Waals surface area contributed by atoms with Gasteiger partial charge in [-0.2, -0.15) is 0 Å². The highest BCUT2D eigenvalue weighted by atomic mass is 28.4. The van der Waals surface area contributed by atoms with Crippen LogP contribution in [0.4, 0.5) is 4.39 Å². The van der Waals surface area contributed by atoms with Crippen LogP contribution in [0.25, 0.3) is 0 Å². The zero-order valence-electron chi connectivity index (χ0n) is 13.8. The summed E-state index contributed by atoms with van der Waals surface area (Å²) in [5.41, 5.74) is 0.477. The maximum absolute atomic E-state index is 14.2. The van der Waals surface area contributed by atoms with Gasteiger partial charge in [0.05, 0.1) is 12.7 Å². The van der Waals surface area contributed by atoms with Crippen molar-refractivity contribution in [3.63, 3.8) is 0 Å². The van der Waals surface area contributed by atoms with Crippen molar-refractivity contribution in [2.45, 2.75) is 45.0 Å². The van der Waals surface area contributed by atoms with Crippen molar-refractivity contribution in [1.29, 1.82) is 0 Å². The molecule has 0 bridgehead atoms. The Hall–Kier alpha value is -1.46. The molecule has 0 amide bonds. The second kappa shape index (κ2) is 8.24. The van der Waals surface area contributed by atoms with Crippen molar-refractivity contribution in [3.05, 3.63) is 47.8 Å². The van der Waals surface area contributed by atoms with Crippen molar-refractivity contribution in [1.82, 2.24) is 0 Å². The second-order valence-electron chi connectivity index (χ2n) is 5.28. The zero-order valence-corrected chi connectivity index (χ0v) is 14.8. The number of hydrogen-bond acceptors (Lipinski definition) is 3. The Bertz CT molecular complexity index is 518. The summed E-state index contributed by atoms with van der Waals surface area (Å²) in [5, 5.41) is 0. The fourth-order valence-electron chi connectivity index (χ4n) is 2.50. The lowest BCUT2D eigenvalue weighted by Gasteiger charge is -2.34. The van der Waals surface area contributed by atoms with Gasteiger partial charge in [0.1, 0.15) is 11.9 Å². The summed E-state index contributed by atoms with van der Waals surface area (Å²) in [6.45, 7) is 10.0. The van der Waals surface area contributed by atoms with Gasteiger partial charge in [0.25, 0.3) is 0 Å². The van der Waals surface area contributed by atoms with E-state index in [4.69, 9.17) is 9.16 Å². The van der Waals surface area contributed by atoms with Crippen LogP contribution in [0.3, 0.4) is 0 Å². The smallest absolute Gasteiger partial charge is 0.336 e. The molecule has 3 nitrogen and oxygen atoms in total. The Balaban J connectivity index is 3.26. The van der Waals surface area contributed by atoms with Crippen LogP contribution in [-0.4, -0.2) is 21.4 Å². The Labute approximate surface area is 133 Å². The largest absolute Gasteiger partial charge is 0.466 e. The molecule has 0 aliphatic heterocycles. The molecule has 0 radical (unpaired) electrons. The van der Waals surface area contributed by atoms with E-state index in [1.54, 1.807) is 18.2 Å². The molecule has 5 heteroatoms. The third kappa shape index (κ3) is 4.05. The molecule has 0 aliphatic rings. The summed E-state index contributed by atoms with van der Waals surface area (Å²) < 4.78 is 25.3. The summed E-state index contributed by atoms with van der Waals surface area (Å²) in [6.07, 6.45) is -0.792. The summed E-state index contributed by atoms with van der Waals surface area (Å²) >= 11 is 0. The van der Waals surface area contributed by atoms with E-state index in [9.17, 15) is 9.18 Å². The van der Waals surface area contributed by atoms with Crippen LogP contribution in [0.5, 0.6) is 0 Å². The highest BCUT2D eigenvalue weighted by molar-refractivity contribution is 6.73. The maximum Gasteiger partial charge on any atom is 0.336 e. The van der Waals surface area contributed by atoms with E-state index in [0.29, 0.717) is 5.56 Å². The van der Waals surface area contributed by atoms with Crippen molar-refractivity contribution in [3.8, 4) is 0 Å². The van der Waals surface area contributed by atoms with Crippen LogP contribution in [0.2, 0.25) is 18.1 Å². The quantitative estimate of drug-likeness (QED) is 0.398. The second-order valence-corrected chi connectivity index (χ2v) is 10.0. The first-order valence-corrected chi connectivity index (χ1v) is 10.2. The molecule has 0 spiro atoms. The summed E-state index contributed by atoms with van der Waals surface area (Å²) in [4.78, 5) is 11.9. The Morgan fingerprint density at radius 3 is 2.23 bits per heavy atom. The maximum atomic E-state index is 14.2. The number of benzene rings is 1. The molecule has 1 aromatic rings. The molecule has 1 aromatic carbocycles. The number of halogens is 1. The molecular formula is C17H25FO3Si. The van der Waals surface area contributed by atoms with Crippen LogP contribution >= 0.6 is 0 Å². The number of esters is 1. The predicted octanol–water partition coefficient (Wildman–Crippen LogP) is 4.62. The van der Waals surface area contributed by atoms with E-state index in [1.807, 2.05) is 0 Å². The number of ether oxygens (including phenoxy) is 1. The fraction of sp³-hybridized carbons (Fsp3) is 0.471. The van der Waals surface area contributed by atoms with Crippen LogP contribution in [0, 0.1) is 5.82 Å². The lowest BCUT2D eigenvalue weighted by molar-refractivity contribution is -0.137. The molecule has 1 atom stereocenters. The van der Waals surface area contributed by atoms with E-state index in [-0.39, 0.29) is 5.57 Å². The van der Waals surface area contributed by atoms with Crippen LogP contribution < -0.4 is 0 Å². The van der Waals surface area contributed by atoms with Gasteiger partial charge in [0, 0.05) is 5.56 Å². The van der Waals surface area contributed by atoms with Crippen LogP contribution in [-0.2, 0) is 14.0 Å². The van der Waals surface area contributed by atoms with Gasteiger partial charge in [-0.25, -0.2) is 9.18 Å². The molecular weight excluding hydrogens is 299 g/mol. The van der Waals surface area contributed by atoms with Crippen molar-refractivity contribution in [2.24, 2.45) is 0 Å². The number of rotatable bonds is 8. The normalized spacial score (nSPS) is 12.8. The van der Waals surface area contributed by atoms with Crippen LogP contribution in [0.15, 0.2) is 36.4 Å². The van der Waals surface area contributed by atoms with Gasteiger partial charge in [0.15, 0.2) is 8.32 Å². The third-order valence-electron chi connectivity index (χ3n) is 4.25. The van der Waals surface area contributed by atoms with Crippen LogP contribution in [0.1, 0.15) is 32.4 Å². The zero-order chi connectivity index (χ0) is 16.8. The van der Waals surface area contributed by atoms with E-state index in [1.165, 1.54) is 13.2 Å². The minimum Gasteiger partial charge on any atom is -0.466 e. The highest BCUT2D eigenvalue weighted by Crippen LogP contribution is 2.35. The highest BCUT2D eigenvalue weighted by Gasteiger charge is 2.36. The minimum atomic E-state index is -2.04. The Morgan fingerprint density at radius 1 is 1.23 bits per heavy atom. The molecule has 0 saturated carbocycles. The molecule has 0 N–H and O–H groups in total. The lowest BCUT2D eigenvalue weighted by atomic mass is 10.0. The molecule has 0 saturated heterocycles. The topological polar surface area (TPSA) is 35.5 Å². The number of methoxy groups -OCH3 is 1. The molecule has 0 aromatic heterocycles. The van der Waals surface area contributed by atoms with Gasteiger partial charge >= 0.3 is 5.97 Å². The average molecular weight is 324 g/mol. The Kier molecular flexibility index (Phi) is 6.96. The molecule has 122 valence electrons. The van der Waals surface area contributed by atoms with Gasteiger partial charge in [0.2, 0.25) is 0 Å². The van der Waals surface area contributed by atoms with Gasteiger partial charge in [-0.3, -0.25) is 0 Å². The summed E-state index contributed by atoms with van der Waals surface area (Å²) in [7, 11) is -0.755. The first kappa shape index (κ1) is 18.6. The average Bonchev–Trinajstić information content (AvgIpc) is 2.56. The van der Waals surface area contributed by atoms with Crippen molar-refractivity contribution >= 4 is 14.3 Å². The first-order valence-electron chi connectivity index (χ1n) is 7.64. The molecule has 1 rings (SSSR count). The minimum absolute atomic E-state index is 0.139. The third-order valence-corrected chi connectivity index (χ3v) is 8.85. The molecule has 0 heterocycles. The van der Waals surface area contributed by atoms with E-state index < -0.39 is 26.2 Å². The van der Waals surface area contributed by atoms with Gasteiger partial charge in [-0.1, -0.05) is 45.5 Å². The van der Waals surface area contributed by atoms with E-state index in [0.717, 1.165) is 18.1 Å². The van der Waals surface area contributed by atoms with Gasteiger partial charge in [-0.15, -0.1) is 0 Å². The SMILES string of the molecule is C=C(C(=O)OC)C(O[Si](CC)(CC)CC)c1ccccc1F. The lowest BCUT2D eigenvalue weighted by Crippen LogP contribution is -2.38. The number of carbonyl (C=O) groups excluding carboxylic acids is 1. The summed E-state index contributed by atoms with van der Waals surface area (Å²) in [5.74, 6) is -0.969. The predicted molar refractivity (Wildman–Crippen MR) is 88.6 cm³/mol. The standard InChI is InChI=1S/C17H25FO3Si/c1-6-22(7-2,8-3)21-16(13(4)17(19)20-5)14-11-9-10-12-15(14)18/h9-12,16H,4,6-8H2,1-3,5H3. The molecule has 0 aliphatic carbocycles. The molecule has 1 unspecified atom stereocenters. The Morgan fingerprint density at radius 2 is 1.77 bits per heavy atom. The molecule has 22 heavy (non-hydrogen) atoms. The molecule has 0 fully saturated rings. The van der Waals surface area contributed by atoms with Crippen molar-refractivity contribution < 1.29 is 18.3 Å². The first-order chi connectivity index (χ1) is 10.4. The monoisotopic (exact) mass is 324 g/mol. The van der Waals surface area contributed by atoms with Crippen molar-refractivity contribution in [2.75, 3.05) is 7.11 Å².